The standard InChI is InChI=1S/C14H10FN5OS/c1-8-7-21-12(16-8)13-19-20-11(17-18-14(20)22-13)6-9-2-4-10(15)5-3-9/h2-5,7H,6H2,1H3. The Labute approximate surface area is 128 Å². The van der Waals surface area contributed by atoms with Gasteiger partial charge in [0.15, 0.2) is 5.82 Å². The average Bonchev–Trinajstić information content (AvgIpc) is 3.18. The third-order valence-electron chi connectivity index (χ3n) is 3.13. The number of halogens is 1. The van der Waals surface area contributed by atoms with Crippen molar-refractivity contribution in [2.75, 3.05) is 0 Å². The van der Waals surface area contributed by atoms with Gasteiger partial charge in [0.25, 0.3) is 5.89 Å². The maximum atomic E-state index is 13.0. The van der Waals surface area contributed by atoms with Crippen LogP contribution in [0.1, 0.15) is 17.1 Å². The van der Waals surface area contributed by atoms with Gasteiger partial charge in [-0.25, -0.2) is 9.37 Å². The van der Waals surface area contributed by atoms with Crippen LogP contribution in [0.5, 0.6) is 0 Å². The first-order valence-corrected chi connectivity index (χ1v) is 7.39. The number of benzene rings is 1. The van der Waals surface area contributed by atoms with E-state index in [9.17, 15) is 4.39 Å². The third kappa shape index (κ3) is 2.27. The first-order valence-electron chi connectivity index (χ1n) is 6.57. The number of hydrogen-bond acceptors (Lipinski definition) is 6. The molecule has 0 aliphatic rings. The van der Waals surface area contributed by atoms with Crippen molar-refractivity contribution >= 4 is 16.3 Å². The number of fused-ring (bicyclic) bond motifs is 1. The summed E-state index contributed by atoms with van der Waals surface area (Å²) < 4.78 is 20.0. The van der Waals surface area contributed by atoms with Crippen LogP contribution < -0.4 is 0 Å². The maximum Gasteiger partial charge on any atom is 0.258 e. The predicted octanol–water partition coefficient (Wildman–Crippen LogP) is 2.88. The largest absolute Gasteiger partial charge is 0.442 e. The zero-order chi connectivity index (χ0) is 15.1. The molecule has 3 aromatic heterocycles. The Balaban J connectivity index is 1.70. The maximum absolute atomic E-state index is 13.0. The van der Waals surface area contributed by atoms with Crippen molar-refractivity contribution in [2.24, 2.45) is 0 Å². The normalized spacial score (nSPS) is 11.4. The van der Waals surface area contributed by atoms with Crippen LogP contribution in [0.4, 0.5) is 4.39 Å². The summed E-state index contributed by atoms with van der Waals surface area (Å²) >= 11 is 1.36. The molecule has 3 heterocycles. The van der Waals surface area contributed by atoms with E-state index in [2.05, 4.69) is 20.3 Å². The van der Waals surface area contributed by atoms with Gasteiger partial charge in [-0.05, 0) is 24.6 Å². The van der Waals surface area contributed by atoms with Gasteiger partial charge in [-0.15, -0.1) is 15.3 Å². The van der Waals surface area contributed by atoms with E-state index in [1.165, 1.54) is 23.5 Å². The van der Waals surface area contributed by atoms with Gasteiger partial charge in [0.05, 0.1) is 5.69 Å². The minimum absolute atomic E-state index is 0.259. The van der Waals surface area contributed by atoms with Crippen molar-refractivity contribution in [3.8, 4) is 10.9 Å². The molecule has 1 aromatic carbocycles. The highest BCUT2D eigenvalue weighted by Gasteiger charge is 2.16. The molecule has 0 unspecified atom stereocenters. The molecule has 0 aliphatic heterocycles. The minimum Gasteiger partial charge on any atom is -0.442 e. The molecule has 8 heteroatoms. The summed E-state index contributed by atoms with van der Waals surface area (Å²) in [5, 5.41) is 13.3. The molecule has 6 nitrogen and oxygen atoms in total. The molecule has 0 bridgehead atoms. The van der Waals surface area contributed by atoms with Gasteiger partial charge < -0.3 is 4.42 Å². The van der Waals surface area contributed by atoms with Crippen molar-refractivity contribution in [1.29, 1.82) is 0 Å². The molecule has 0 amide bonds. The summed E-state index contributed by atoms with van der Waals surface area (Å²) in [6, 6.07) is 6.30. The molecule has 0 fully saturated rings. The van der Waals surface area contributed by atoms with Crippen LogP contribution in [0, 0.1) is 12.7 Å². The van der Waals surface area contributed by atoms with Gasteiger partial charge in [0.2, 0.25) is 9.97 Å². The Hall–Kier alpha value is -2.61. The second-order valence-electron chi connectivity index (χ2n) is 4.82. The monoisotopic (exact) mass is 315 g/mol. The van der Waals surface area contributed by atoms with E-state index in [1.807, 2.05) is 6.92 Å². The quantitative estimate of drug-likeness (QED) is 0.581. The lowest BCUT2D eigenvalue weighted by molar-refractivity contribution is 0.571. The lowest BCUT2D eigenvalue weighted by Crippen LogP contribution is -1.97. The summed E-state index contributed by atoms with van der Waals surface area (Å²) in [6.45, 7) is 1.85. The molecule has 0 atom stereocenters. The van der Waals surface area contributed by atoms with Gasteiger partial charge in [0, 0.05) is 6.42 Å². The van der Waals surface area contributed by atoms with Crippen molar-refractivity contribution in [3.63, 3.8) is 0 Å². The fourth-order valence-corrected chi connectivity index (χ4v) is 2.88. The topological polar surface area (TPSA) is 69.1 Å². The van der Waals surface area contributed by atoms with Gasteiger partial charge in [-0.3, -0.25) is 0 Å². The molecule has 4 rings (SSSR count). The number of rotatable bonds is 3. The number of aromatic nitrogens is 5. The van der Waals surface area contributed by atoms with Crippen molar-refractivity contribution in [1.82, 2.24) is 24.8 Å². The lowest BCUT2D eigenvalue weighted by atomic mass is 10.1. The smallest absolute Gasteiger partial charge is 0.258 e. The number of hydrogen-bond donors (Lipinski definition) is 0. The number of oxazole rings is 1. The van der Waals surface area contributed by atoms with Crippen LogP contribution in [0.3, 0.4) is 0 Å². The summed E-state index contributed by atoms with van der Waals surface area (Å²) in [6.07, 6.45) is 2.10. The van der Waals surface area contributed by atoms with Gasteiger partial charge in [-0.1, -0.05) is 23.5 Å². The van der Waals surface area contributed by atoms with Crippen LogP contribution >= 0.6 is 11.3 Å². The Bertz CT molecular complexity index is 940. The second-order valence-corrected chi connectivity index (χ2v) is 5.77. The molecule has 0 radical (unpaired) electrons. The van der Waals surface area contributed by atoms with Crippen LogP contribution in [0.2, 0.25) is 0 Å². The molecule has 4 aromatic rings. The molecule has 110 valence electrons. The van der Waals surface area contributed by atoms with Crippen molar-refractivity contribution < 1.29 is 8.81 Å². The molecular formula is C14H10FN5OS. The Morgan fingerprint density at radius 3 is 2.77 bits per heavy atom. The Kier molecular flexibility index (Phi) is 2.97. The van der Waals surface area contributed by atoms with Crippen LogP contribution in [-0.4, -0.2) is 24.8 Å². The van der Waals surface area contributed by atoms with Crippen LogP contribution in [0.15, 0.2) is 34.9 Å². The molecule has 0 aliphatic carbocycles. The number of aryl methyl sites for hydroxylation is 1. The highest BCUT2D eigenvalue weighted by atomic mass is 32.1. The highest BCUT2D eigenvalue weighted by Crippen LogP contribution is 2.25. The molecule has 0 saturated carbocycles. The molecule has 0 spiro atoms. The fraction of sp³-hybridized carbons (Fsp3) is 0.143. The average molecular weight is 315 g/mol. The first-order chi connectivity index (χ1) is 10.7. The molecule has 0 saturated heterocycles. The zero-order valence-corrected chi connectivity index (χ0v) is 12.3. The van der Waals surface area contributed by atoms with Crippen LogP contribution in [-0.2, 0) is 6.42 Å². The van der Waals surface area contributed by atoms with Crippen molar-refractivity contribution in [3.05, 3.63) is 53.4 Å². The molecular weight excluding hydrogens is 305 g/mol. The molecule has 22 heavy (non-hydrogen) atoms. The van der Waals surface area contributed by atoms with E-state index in [0.29, 0.717) is 28.1 Å². The summed E-state index contributed by atoms with van der Waals surface area (Å²) in [5.41, 5.74) is 1.74. The van der Waals surface area contributed by atoms with E-state index in [0.717, 1.165) is 11.3 Å². The fourth-order valence-electron chi connectivity index (χ4n) is 2.09. The highest BCUT2D eigenvalue weighted by molar-refractivity contribution is 7.19. The predicted molar refractivity (Wildman–Crippen MR) is 78.1 cm³/mol. The van der Waals surface area contributed by atoms with E-state index in [-0.39, 0.29) is 5.82 Å². The van der Waals surface area contributed by atoms with Gasteiger partial charge in [0.1, 0.15) is 12.1 Å². The van der Waals surface area contributed by atoms with E-state index in [1.54, 1.807) is 22.9 Å². The van der Waals surface area contributed by atoms with Gasteiger partial charge >= 0.3 is 0 Å². The minimum atomic E-state index is -0.259. The van der Waals surface area contributed by atoms with E-state index < -0.39 is 0 Å². The lowest BCUT2D eigenvalue weighted by Gasteiger charge is -1.97. The summed E-state index contributed by atoms with van der Waals surface area (Å²) in [4.78, 5) is 4.93. The van der Waals surface area contributed by atoms with E-state index in [4.69, 9.17) is 4.42 Å². The third-order valence-corrected chi connectivity index (χ3v) is 4.02. The summed E-state index contributed by atoms with van der Waals surface area (Å²) in [5.74, 6) is 0.901. The second kappa shape index (κ2) is 4.99. The van der Waals surface area contributed by atoms with Crippen molar-refractivity contribution in [2.45, 2.75) is 13.3 Å². The number of nitrogens with zero attached hydrogens (tertiary/aromatic N) is 5. The zero-order valence-electron chi connectivity index (χ0n) is 11.5. The van der Waals surface area contributed by atoms with E-state index >= 15 is 0 Å². The first kappa shape index (κ1) is 13.1. The Morgan fingerprint density at radius 2 is 2.05 bits per heavy atom. The SMILES string of the molecule is Cc1coc(-c2nn3c(Cc4ccc(F)cc4)nnc3s2)n1. The summed E-state index contributed by atoms with van der Waals surface area (Å²) in [7, 11) is 0. The van der Waals surface area contributed by atoms with Gasteiger partial charge in [-0.2, -0.15) is 4.52 Å². The Morgan fingerprint density at radius 1 is 1.23 bits per heavy atom. The molecule has 0 N–H and O–H groups in total. The van der Waals surface area contributed by atoms with Crippen LogP contribution in [0.25, 0.3) is 15.9 Å².